The fourth-order valence-corrected chi connectivity index (χ4v) is 3.50. The summed E-state index contributed by atoms with van der Waals surface area (Å²) in [7, 11) is 0. The minimum atomic E-state index is 0.0510. The number of amides is 1. The Labute approximate surface area is 163 Å². The zero-order valence-electron chi connectivity index (χ0n) is 15.9. The van der Waals surface area contributed by atoms with Crippen LogP contribution in [0.15, 0.2) is 43.5 Å². The summed E-state index contributed by atoms with van der Waals surface area (Å²) in [5.41, 5.74) is 0. The highest BCUT2D eigenvalue weighted by Gasteiger charge is 2.25. The van der Waals surface area contributed by atoms with E-state index in [1.807, 2.05) is 34.5 Å². The van der Waals surface area contributed by atoms with Gasteiger partial charge in [-0.3, -0.25) is 9.36 Å². The lowest BCUT2D eigenvalue weighted by atomic mass is 9.96. The Morgan fingerprint density at radius 1 is 1.14 bits per heavy atom. The molecule has 1 fully saturated rings. The summed E-state index contributed by atoms with van der Waals surface area (Å²) in [4.78, 5) is 31.6. The quantitative estimate of drug-likeness (QED) is 0.691. The van der Waals surface area contributed by atoms with E-state index in [0.29, 0.717) is 6.54 Å². The van der Waals surface area contributed by atoms with Crippen molar-refractivity contribution in [2.75, 3.05) is 24.5 Å². The van der Waals surface area contributed by atoms with Gasteiger partial charge >= 0.3 is 0 Å². The summed E-state index contributed by atoms with van der Waals surface area (Å²) in [6.45, 7) is 4.94. The van der Waals surface area contributed by atoms with E-state index >= 15 is 0 Å². The van der Waals surface area contributed by atoms with Crippen LogP contribution in [-0.2, 0) is 11.3 Å². The number of piperidine rings is 1. The molecule has 4 heterocycles. The molecule has 0 saturated carbocycles. The predicted molar refractivity (Wildman–Crippen MR) is 104 cm³/mol. The van der Waals surface area contributed by atoms with Gasteiger partial charge in [0.05, 0.1) is 0 Å². The number of nitrogens with zero attached hydrogens (tertiary/aromatic N) is 7. The van der Waals surface area contributed by atoms with Gasteiger partial charge in [0, 0.05) is 63.0 Å². The SMILES string of the molecule is Cc1nccn1CCNC(=O)C1CCN(c2cc(-n3ccnc3)ncn2)CC1. The maximum Gasteiger partial charge on any atom is 0.223 e. The van der Waals surface area contributed by atoms with Crippen LogP contribution in [0.4, 0.5) is 5.82 Å². The van der Waals surface area contributed by atoms with Crippen LogP contribution in [0.5, 0.6) is 0 Å². The van der Waals surface area contributed by atoms with Gasteiger partial charge in [-0.15, -0.1) is 0 Å². The first kappa shape index (κ1) is 18.1. The Morgan fingerprint density at radius 2 is 1.96 bits per heavy atom. The van der Waals surface area contributed by atoms with Crippen LogP contribution >= 0.6 is 0 Å². The molecule has 1 aliphatic rings. The van der Waals surface area contributed by atoms with Crippen molar-refractivity contribution in [3.8, 4) is 5.82 Å². The maximum atomic E-state index is 12.5. The minimum absolute atomic E-state index is 0.0510. The molecule has 0 aromatic carbocycles. The van der Waals surface area contributed by atoms with E-state index in [0.717, 1.165) is 49.9 Å². The largest absolute Gasteiger partial charge is 0.356 e. The van der Waals surface area contributed by atoms with Crippen molar-refractivity contribution >= 4 is 11.7 Å². The first-order chi connectivity index (χ1) is 13.7. The van der Waals surface area contributed by atoms with Crippen molar-refractivity contribution in [2.45, 2.75) is 26.3 Å². The van der Waals surface area contributed by atoms with Crippen molar-refractivity contribution in [1.29, 1.82) is 0 Å². The average molecular weight is 380 g/mol. The van der Waals surface area contributed by atoms with Crippen LogP contribution in [0.2, 0.25) is 0 Å². The Kier molecular flexibility index (Phi) is 5.31. The summed E-state index contributed by atoms with van der Waals surface area (Å²) < 4.78 is 3.89. The van der Waals surface area contributed by atoms with Crippen molar-refractivity contribution in [3.63, 3.8) is 0 Å². The third kappa shape index (κ3) is 4.03. The second-order valence-electron chi connectivity index (χ2n) is 6.92. The lowest BCUT2D eigenvalue weighted by molar-refractivity contribution is -0.125. The molecule has 4 rings (SSSR count). The van der Waals surface area contributed by atoms with E-state index in [2.05, 4.69) is 30.2 Å². The molecule has 3 aromatic heterocycles. The summed E-state index contributed by atoms with van der Waals surface area (Å²) in [5.74, 6) is 2.82. The highest BCUT2D eigenvalue weighted by atomic mass is 16.1. The number of hydrogen-bond acceptors (Lipinski definition) is 6. The summed E-state index contributed by atoms with van der Waals surface area (Å²) in [5, 5.41) is 3.06. The zero-order valence-corrected chi connectivity index (χ0v) is 15.9. The molecule has 9 heteroatoms. The number of imidazole rings is 2. The Hall–Kier alpha value is -3.23. The second kappa shape index (κ2) is 8.20. The molecule has 1 N–H and O–H groups in total. The molecule has 0 bridgehead atoms. The topological polar surface area (TPSA) is 93.8 Å². The fraction of sp³-hybridized carbons (Fsp3) is 0.421. The van der Waals surface area contributed by atoms with E-state index < -0.39 is 0 Å². The standard InChI is InChI=1S/C19H24N8O/c1-15-21-5-10-25(15)11-6-22-19(28)16-2-7-26(8-3-16)17-12-18(24-13-23-17)27-9-4-20-14-27/h4-5,9-10,12-14,16H,2-3,6-8,11H2,1H3,(H,22,28). The molecule has 28 heavy (non-hydrogen) atoms. The van der Waals surface area contributed by atoms with Crippen molar-refractivity contribution in [2.24, 2.45) is 5.92 Å². The number of carbonyl (C=O) groups is 1. The zero-order chi connectivity index (χ0) is 19.3. The van der Waals surface area contributed by atoms with E-state index in [9.17, 15) is 4.79 Å². The molecule has 1 saturated heterocycles. The normalized spacial score (nSPS) is 15.0. The van der Waals surface area contributed by atoms with Gasteiger partial charge in [-0.25, -0.2) is 19.9 Å². The monoisotopic (exact) mass is 380 g/mol. The van der Waals surface area contributed by atoms with Crippen LogP contribution in [0, 0.1) is 12.8 Å². The number of carbonyl (C=O) groups excluding carboxylic acids is 1. The van der Waals surface area contributed by atoms with E-state index in [-0.39, 0.29) is 11.8 Å². The third-order valence-corrected chi connectivity index (χ3v) is 5.17. The highest BCUT2D eigenvalue weighted by molar-refractivity contribution is 5.78. The first-order valence-electron chi connectivity index (χ1n) is 9.51. The molecule has 0 atom stereocenters. The molecular formula is C19H24N8O. The van der Waals surface area contributed by atoms with Gasteiger partial charge in [0.2, 0.25) is 5.91 Å². The third-order valence-electron chi connectivity index (χ3n) is 5.17. The van der Waals surface area contributed by atoms with E-state index in [1.165, 1.54) is 0 Å². The Bertz CT molecular complexity index is 912. The molecule has 1 amide bonds. The molecule has 9 nitrogen and oxygen atoms in total. The number of anilines is 1. The van der Waals surface area contributed by atoms with Gasteiger partial charge in [0.25, 0.3) is 0 Å². The Morgan fingerprint density at radius 3 is 2.68 bits per heavy atom. The van der Waals surface area contributed by atoms with E-state index in [4.69, 9.17) is 0 Å². The lowest BCUT2D eigenvalue weighted by Crippen LogP contribution is -2.41. The molecule has 146 valence electrons. The maximum absolute atomic E-state index is 12.5. The summed E-state index contributed by atoms with van der Waals surface area (Å²) in [6, 6.07) is 1.95. The molecule has 1 aliphatic heterocycles. The number of aryl methyl sites for hydroxylation is 1. The summed E-state index contributed by atoms with van der Waals surface area (Å²) in [6.07, 6.45) is 12.2. The molecule has 0 spiro atoms. The minimum Gasteiger partial charge on any atom is -0.356 e. The fourth-order valence-electron chi connectivity index (χ4n) is 3.50. The number of nitrogens with one attached hydrogen (secondary N) is 1. The van der Waals surface area contributed by atoms with Gasteiger partial charge in [-0.05, 0) is 19.8 Å². The van der Waals surface area contributed by atoms with Gasteiger partial charge in [0.1, 0.15) is 30.1 Å². The van der Waals surface area contributed by atoms with Gasteiger partial charge in [-0.1, -0.05) is 0 Å². The van der Waals surface area contributed by atoms with Crippen LogP contribution in [0.25, 0.3) is 5.82 Å². The number of hydrogen-bond donors (Lipinski definition) is 1. The van der Waals surface area contributed by atoms with Crippen LogP contribution in [-0.4, -0.2) is 54.6 Å². The smallest absolute Gasteiger partial charge is 0.223 e. The van der Waals surface area contributed by atoms with Crippen LogP contribution in [0.1, 0.15) is 18.7 Å². The number of aromatic nitrogens is 6. The first-order valence-corrected chi connectivity index (χ1v) is 9.51. The molecule has 3 aromatic rings. The lowest BCUT2D eigenvalue weighted by Gasteiger charge is -2.32. The van der Waals surface area contributed by atoms with Crippen molar-refractivity contribution < 1.29 is 4.79 Å². The second-order valence-corrected chi connectivity index (χ2v) is 6.92. The average Bonchev–Trinajstić information content (AvgIpc) is 3.41. The molecular weight excluding hydrogens is 356 g/mol. The van der Waals surface area contributed by atoms with Crippen molar-refractivity contribution in [3.05, 3.63) is 49.3 Å². The Balaban J connectivity index is 1.28. The molecule has 0 unspecified atom stereocenters. The van der Waals surface area contributed by atoms with Crippen LogP contribution in [0.3, 0.4) is 0 Å². The predicted octanol–water partition coefficient (Wildman–Crippen LogP) is 1.20. The molecule has 0 aliphatic carbocycles. The van der Waals surface area contributed by atoms with Crippen molar-refractivity contribution in [1.82, 2.24) is 34.4 Å². The van der Waals surface area contributed by atoms with Crippen LogP contribution < -0.4 is 10.2 Å². The van der Waals surface area contributed by atoms with E-state index in [1.54, 1.807) is 25.0 Å². The van der Waals surface area contributed by atoms with Gasteiger partial charge in [0.15, 0.2) is 0 Å². The van der Waals surface area contributed by atoms with Gasteiger partial charge < -0.3 is 14.8 Å². The highest BCUT2D eigenvalue weighted by Crippen LogP contribution is 2.22. The summed E-state index contributed by atoms with van der Waals surface area (Å²) >= 11 is 0. The number of rotatable bonds is 6. The molecule has 0 radical (unpaired) electrons. The van der Waals surface area contributed by atoms with Gasteiger partial charge in [-0.2, -0.15) is 0 Å².